The van der Waals surface area contributed by atoms with Crippen LogP contribution < -0.4 is 9.47 Å². The maximum absolute atomic E-state index is 12.9. The van der Waals surface area contributed by atoms with Crippen LogP contribution in [0, 0.1) is 0 Å². The predicted molar refractivity (Wildman–Crippen MR) is 109 cm³/mol. The van der Waals surface area contributed by atoms with Crippen LogP contribution in [0.15, 0.2) is 48.5 Å². The molecule has 2 heterocycles. The summed E-state index contributed by atoms with van der Waals surface area (Å²) in [5, 5.41) is 0. The van der Waals surface area contributed by atoms with E-state index >= 15 is 0 Å². The molecule has 2 aromatic carbocycles. The number of benzene rings is 2. The summed E-state index contributed by atoms with van der Waals surface area (Å²) in [6.45, 7) is 0.540. The molecule has 0 bridgehead atoms. The Morgan fingerprint density at radius 2 is 1.79 bits per heavy atom. The van der Waals surface area contributed by atoms with Crippen LogP contribution in [-0.4, -0.2) is 36.9 Å². The summed E-state index contributed by atoms with van der Waals surface area (Å²) in [6.07, 6.45) is 5.11. The standard InChI is InChI=1S/C24H27NO4/c1-27-21-12-11-17(13-22(21)29-18-9-5-6-10-18)19-14-23(26)25-20(15-28-24(19)25)16-7-3-2-4-8-16/h2-4,7-8,11-13,18-20,24H,5-6,9-10,14-15H2,1H3/t19-,20-,24-/m1/s1. The van der Waals surface area contributed by atoms with Crippen molar-refractivity contribution in [1.29, 1.82) is 0 Å². The summed E-state index contributed by atoms with van der Waals surface area (Å²) in [7, 11) is 1.67. The molecule has 5 heteroatoms. The van der Waals surface area contributed by atoms with Crippen molar-refractivity contribution in [3.63, 3.8) is 0 Å². The number of nitrogens with zero attached hydrogens (tertiary/aromatic N) is 1. The van der Waals surface area contributed by atoms with Gasteiger partial charge in [-0.1, -0.05) is 36.4 Å². The van der Waals surface area contributed by atoms with Gasteiger partial charge in [0.1, 0.15) is 6.23 Å². The van der Waals surface area contributed by atoms with E-state index in [2.05, 4.69) is 18.2 Å². The van der Waals surface area contributed by atoms with E-state index < -0.39 is 0 Å². The first-order valence-electron chi connectivity index (χ1n) is 10.6. The number of hydrogen-bond acceptors (Lipinski definition) is 4. The van der Waals surface area contributed by atoms with Crippen molar-refractivity contribution in [2.75, 3.05) is 13.7 Å². The van der Waals surface area contributed by atoms with Gasteiger partial charge < -0.3 is 19.1 Å². The number of methoxy groups -OCH3 is 1. The first-order chi connectivity index (χ1) is 14.2. The molecule has 5 nitrogen and oxygen atoms in total. The third-order valence-electron chi connectivity index (χ3n) is 6.46. The van der Waals surface area contributed by atoms with Crippen LogP contribution in [0.4, 0.5) is 0 Å². The van der Waals surface area contributed by atoms with E-state index in [1.807, 2.05) is 35.2 Å². The topological polar surface area (TPSA) is 48.0 Å². The van der Waals surface area contributed by atoms with Crippen LogP contribution >= 0.6 is 0 Å². The summed E-state index contributed by atoms with van der Waals surface area (Å²) >= 11 is 0. The molecule has 1 amide bonds. The Hall–Kier alpha value is -2.53. The van der Waals surface area contributed by atoms with Crippen LogP contribution in [0.5, 0.6) is 11.5 Å². The molecule has 2 saturated heterocycles. The lowest BCUT2D eigenvalue weighted by atomic mass is 9.96. The van der Waals surface area contributed by atoms with Crippen molar-refractivity contribution in [2.24, 2.45) is 0 Å². The van der Waals surface area contributed by atoms with Crippen LogP contribution in [0.1, 0.15) is 55.2 Å². The van der Waals surface area contributed by atoms with Crippen molar-refractivity contribution in [3.8, 4) is 11.5 Å². The summed E-state index contributed by atoms with van der Waals surface area (Å²) in [5.41, 5.74) is 2.21. The Morgan fingerprint density at radius 1 is 1.00 bits per heavy atom. The Labute approximate surface area is 171 Å². The number of fused-ring (bicyclic) bond motifs is 1. The van der Waals surface area contributed by atoms with Gasteiger partial charge in [-0.05, 0) is 48.9 Å². The Balaban J connectivity index is 1.41. The van der Waals surface area contributed by atoms with Crippen molar-refractivity contribution < 1.29 is 19.0 Å². The fourth-order valence-corrected chi connectivity index (χ4v) is 4.96. The highest BCUT2D eigenvalue weighted by atomic mass is 16.5. The molecular formula is C24H27NO4. The molecule has 0 radical (unpaired) electrons. The molecule has 0 aromatic heterocycles. The predicted octanol–water partition coefficient (Wildman–Crippen LogP) is 4.43. The molecule has 3 atom stereocenters. The lowest BCUT2D eigenvalue weighted by molar-refractivity contribution is -0.131. The first kappa shape index (κ1) is 18.5. The van der Waals surface area contributed by atoms with Crippen LogP contribution in [0.25, 0.3) is 0 Å². The normalized spacial score (nSPS) is 26.7. The maximum atomic E-state index is 12.9. The molecule has 2 aromatic rings. The van der Waals surface area contributed by atoms with Gasteiger partial charge in [0.15, 0.2) is 11.5 Å². The summed E-state index contributed by atoms with van der Waals surface area (Å²) in [6, 6.07) is 16.2. The minimum atomic E-state index is -0.222. The van der Waals surface area contributed by atoms with E-state index in [1.165, 1.54) is 12.8 Å². The van der Waals surface area contributed by atoms with E-state index in [-0.39, 0.29) is 30.2 Å². The van der Waals surface area contributed by atoms with Crippen LogP contribution in [0.2, 0.25) is 0 Å². The molecule has 0 unspecified atom stereocenters. The number of ether oxygens (including phenoxy) is 3. The highest BCUT2D eigenvalue weighted by molar-refractivity contribution is 5.81. The molecule has 152 valence electrons. The van der Waals surface area contributed by atoms with E-state index in [9.17, 15) is 4.79 Å². The highest BCUT2D eigenvalue weighted by Gasteiger charge is 2.49. The van der Waals surface area contributed by atoms with Gasteiger partial charge in [0.05, 0.1) is 25.9 Å². The van der Waals surface area contributed by atoms with Gasteiger partial charge in [-0.25, -0.2) is 0 Å². The Kier molecular flexibility index (Phi) is 4.92. The third kappa shape index (κ3) is 3.38. The van der Waals surface area contributed by atoms with Gasteiger partial charge in [0, 0.05) is 12.3 Å². The quantitative estimate of drug-likeness (QED) is 0.754. The lowest BCUT2D eigenvalue weighted by Crippen LogP contribution is -2.31. The molecule has 5 rings (SSSR count). The average molecular weight is 393 g/mol. The van der Waals surface area contributed by atoms with Gasteiger partial charge in [0.2, 0.25) is 5.91 Å². The number of rotatable bonds is 5. The third-order valence-corrected chi connectivity index (χ3v) is 6.46. The Morgan fingerprint density at radius 3 is 2.55 bits per heavy atom. The van der Waals surface area contributed by atoms with E-state index in [0.717, 1.165) is 35.5 Å². The van der Waals surface area contributed by atoms with E-state index in [1.54, 1.807) is 7.11 Å². The summed E-state index contributed by atoms with van der Waals surface area (Å²) < 4.78 is 17.9. The zero-order chi connectivity index (χ0) is 19.8. The molecular weight excluding hydrogens is 366 g/mol. The second-order valence-electron chi connectivity index (χ2n) is 8.20. The number of amides is 1. The maximum Gasteiger partial charge on any atom is 0.226 e. The monoisotopic (exact) mass is 393 g/mol. The largest absolute Gasteiger partial charge is 0.493 e. The molecule has 1 aliphatic carbocycles. The smallest absolute Gasteiger partial charge is 0.226 e. The molecule has 2 aliphatic heterocycles. The molecule has 3 aliphatic rings. The van der Waals surface area contributed by atoms with Crippen molar-refractivity contribution in [3.05, 3.63) is 59.7 Å². The fraction of sp³-hybridized carbons (Fsp3) is 0.458. The van der Waals surface area contributed by atoms with Gasteiger partial charge in [-0.3, -0.25) is 4.79 Å². The van der Waals surface area contributed by atoms with Crippen molar-refractivity contribution in [1.82, 2.24) is 4.90 Å². The Bertz CT molecular complexity index is 878. The zero-order valence-electron chi connectivity index (χ0n) is 16.8. The molecule has 0 N–H and O–H groups in total. The van der Waals surface area contributed by atoms with E-state index in [0.29, 0.717) is 13.0 Å². The lowest BCUT2D eigenvalue weighted by Gasteiger charge is -2.24. The zero-order valence-corrected chi connectivity index (χ0v) is 16.8. The second kappa shape index (κ2) is 7.71. The van der Waals surface area contributed by atoms with E-state index in [4.69, 9.17) is 14.2 Å². The number of carbonyl (C=O) groups excluding carboxylic acids is 1. The number of hydrogen-bond donors (Lipinski definition) is 0. The van der Waals surface area contributed by atoms with Gasteiger partial charge in [0.25, 0.3) is 0 Å². The SMILES string of the molecule is COc1ccc([C@H]2CC(=O)N3[C@@H](c4ccccc4)CO[C@H]23)cc1OC1CCCC1. The molecule has 1 saturated carbocycles. The number of carbonyl (C=O) groups is 1. The van der Waals surface area contributed by atoms with Gasteiger partial charge >= 0.3 is 0 Å². The minimum absolute atomic E-state index is 0.00745. The summed E-state index contributed by atoms with van der Waals surface area (Å²) in [5.74, 6) is 1.69. The highest BCUT2D eigenvalue weighted by Crippen LogP contribution is 2.46. The van der Waals surface area contributed by atoms with Crippen molar-refractivity contribution >= 4 is 5.91 Å². The van der Waals surface area contributed by atoms with Gasteiger partial charge in [-0.15, -0.1) is 0 Å². The molecule has 0 spiro atoms. The minimum Gasteiger partial charge on any atom is -0.493 e. The average Bonchev–Trinajstić information content (AvgIpc) is 3.48. The molecule has 3 fully saturated rings. The first-order valence-corrected chi connectivity index (χ1v) is 10.6. The van der Waals surface area contributed by atoms with Crippen LogP contribution in [0.3, 0.4) is 0 Å². The fourth-order valence-electron chi connectivity index (χ4n) is 4.96. The van der Waals surface area contributed by atoms with Crippen molar-refractivity contribution in [2.45, 2.75) is 56.4 Å². The molecule has 29 heavy (non-hydrogen) atoms. The second-order valence-corrected chi connectivity index (χ2v) is 8.20. The van der Waals surface area contributed by atoms with Gasteiger partial charge in [-0.2, -0.15) is 0 Å². The van der Waals surface area contributed by atoms with Crippen LogP contribution in [-0.2, 0) is 9.53 Å². The summed E-state index contributed by atoms with van der Waals surface area (Å²) in [4.78, 5) is 14.8.